The third kappa shape index (κ3) is 1.58. The third-order valence-corrected chi connectivity index (χ3v) is 2.49. The van der Waals surface area contributed by atoms with Gasteiger partial charge in [0.25, 0.3) is 5.56 Å². The Morgan fingerprint density at radius 3 is 2.67 bits per heavy atom. The van der Waals surface area contributed by atoms with Gasteiger partial charge in [0.05, 0.1) is 0 Å². The fraction of sp³-hybridized carbons (Fsp3) is 0.444. The minimum absolute atomic E-state index is 0.236. The molecule has 2 aromatic rings. The zero-order chi connectivity index (χ0) is 11.0. The summed E-state index contributed by atoms with van der Waals surface area (Å²) in [6, 6.07) is 0. The summed E-state index contributed by atoms with van der Waals surface area (Å²) in [7, 11) is 0. The number of fused-ring (bicyclic) bond motifs is 1. The highest BCUT2D eigenvalue weighted by Gasteiger charge is 2.11. The predicted molar refractivity (Wildman–Crippen MR) is 56.0 cm³/mol. The van der Waals surface area contributed by atoms with Crippen molar-refractivity contribution in [2.24, 2.45) is 0 Å². The summed E-state index contributed by atoms with van der Waals surface area (Å²) < 4.78 is 0. The van der Waals surface area contributed by atoms with E-state index in [1.165, 1.54) is 0 Å². The van der Waals surface area contributed by atoms with Crippen LogP contribution in [0.5, 0.6) is 0 Å². The van der Waals surface area contributed by atoms with E-state index >= 15 is 0 Å². The zero-order valence-corrected chi connectivity index (χ0v) is 8.55. The van der Waals surface area contributed by atoms with Crippen molar-refractivity contribution < 1.29 is 0 Å². The van der Waals surface area contributed by atoms with E-state index in [1.54, 1.807) is 0 Å². The molecule has 1 atom stereocenters. The quantitative estimate of drug-likeness (QED) is 0.668. The fourth-order valence-electron chi connectivity index (χ4n) is 1.38. The maximum Gasteiger partial charge on any atom is 0.327 e. The van der Waals surface area contributed by atoms with Gasteiger partial charge in [-0.1, -0.05) is 13.8 Å². The molecule has 3 N–H and O–H groups in total. The zero-order valence-electron chi connectivity index (χ0n) is 8.55. The second-order valence-electron chi connectivity index (χ2n) is 3.56. The maximum absolute atomic E-state index is 11.4. The van der Waals surface area contributed by atoms with Crippen molar-refractivity contribution in [1.29, 1.82) is 0 Å². The third-order valence-electron chi connectivity index (χ3n) is 2.49. The van der Waals surface area contributed by atoms with E-state index < -0.39 is 11.2 Å². The molecule has 0 aliphatic rings. The Labute approximate surface area is 84.8 Å². The van der Waals surface area contributed by atoms with Gasteiger partial charge in [-0.25, -0.2) is 9.78 Å². The molecule has 6 heteroatoms. The molecule has 2 heterocycles. The van der Waals surface area contributed by atoms with Crippen molar-refractivity contribution in [2.45, 2.75) is 26.2 Å². The number of aromatic amines is 3. The van der Waals surface area contributed by atoms with Crippen molar-refractivity contribution in [3.63, 3.8) is 0 Å². The molecular weight excluding hydrogens is 196 g/mol. The smallest absolute Gasteiger partial charge is 0.327 e. The van der Waals surface area contributed by atoms with Gasteiger partial charge in [-0.15, -0.1) is 0 Å². The van der Waals surface area contributed by atoms with Crippen LogP contribution in [0.2, 0.25) is 0 Å². The van der Waals surface area contributed by atoms with E-state index in [0.29, 0.717) is 11.2 Å². The van der Waals surface area contributed by atoms with Crippen molar-refractivity contribution in [3.8, 4) is 0 Å². The molecule has 0 radical (unpaired) electrons. The molecule has 80 valence electrons. The number of nitrogens with zero attached hydrogens (tertiary/aromatic N) is 1. The number of rotatable bonds is 2. The van der Waals surface area contributed by atoms with Gasteiger partial charge in [-0.3, -0.25) is 14.8 Å². The van der Waals surface area contributed by atoms with Gasteiger partial charge in [0.15, 0.2) is 5.65 Å². The number of hydrogen-bond donors (Lipinski definition) is 3. The topological polar surface area (TPSA) is 94.4 Å². The van der Waals surface area contributed by atoms with E-state index in [4.69, 9.17) is 0 Å². The number of hydrogen-bond acceptors (Lipinski definition) is 3. The Morgan fingerprint density at radius 1 is 1.27 bits per heavy atom. The highest BCUT2D eigenvalue weighted by molar-refractivity contribution is 5.68. The lowest BCUT2D eigenvalue weighted by molar-refractivity contribution is 0.691. The van der Waals surface area contributed by atoms with E-state index in [0.717, 1.165) is 12.2 Å². The molecule has 0 amide bonds. The van der Waals surface area contributed by atoms with Crippen LogP contribution in [0.4, 0.5) is 0 Å². The Morgan fingerprint density at radius 2 is 2.00 bits per heavy atom. The van der Waals surface area contributed by atoms with E-state index in [-0.39, 0.29) is 5.92 Å². The van der Waals surface area contributed by atoms with Gasteiger partial charge in [-0.05, 0) is 6.42 Å². The summed E-state index contributed by atoms with van der Waals surface area (Å²) in [4.78, 5) is 34.1. The molecule has 2 aromatic heterocycles. The van der Waals surface area contributed by atoms with E-state index in [2.05, 4.69) is 19.9 Å². The second-order valence-corrected chi connectivity index (χ2v) is 3.56. The molecule has 0 aromatic carbocycles. The lowest BCUT2D eigenvalue weighted by Gasteiger charge is -2.01. The summed E-state index contributed by atoms with van der Waals surface area (Å²) in [5, 5.41) is 0. The molecule has 0 saturated heterocycles. The minimum Gasteiger partial charge on any atom is -0.336 e. The van der Waals surface area contributed by atoms with Crippen LogP contribution in [0.3, 0.4) is 0 Å². The van der Waals surface area contributed by atoms with Crippen LogP contribution in [0.25, 0.3) is 11.2 Å². The molecule has 0 spiro atoms. The van der Waals surface area contributed by atoms with Gasteiger partial charge in [-0.2, -0.15) is 0 Å². The molecule has 0 aliphatic carbocycles. The largest absolute Gasteiger partial charge is 0.336 e. The summed E-state index contributed by atoms with van der Waals surface area (Å²) in [6.45, 7) is 4.04. The summed E-state index contributed by atoms with van der Waals surface area (Å²) >= 11 is 0. The maximum atomic E-state index is 11.4. The van der Waals surface area contributed by atoms with Gasteiger partial charge in [0.1, 0.15) is 11.3 Å². The first-order chi connectivity index (χ1) is 7.11. The average Bonchev–Trinajstić information content (AvgIpc) is 2.60. The number of aromatic nitrogens is 4. The summed E-state index contributed by atoms with van der Waals surface area (Å²) in [5.74, 6) is 0.958. The Kier molecular flexibility index (Phi) is 2.18. The molecule has 0 fully saturated rings. The minimum atomic E-state index is -0.533. The van der Waals surface area contributed by atoms with Crippen LogP contribution >= 0.6 is 0 Å². The van der Waals surface area contributed by atoms with Crippen LogP contribution in [0, 0.1) is 0 Å². The molecule has 6 nitrogen and oxygen atoms in total. The highest BCUT2D eigenvalue weighted by atomic mass is 16.2. The normalized spacial score (nSPS) is 13.2. The molecule has 0 saturated carbocycles. The monoisotopic (exact) mass is 208 g/mol. The first-order valence-electron chi connectivity index (χ1n) is 4.84. The van der Waals surface area contributed by atoms with E-state index in [1.807, 2.05) is 13.8 Å². The van der Waals surface area contributed by atoms with Crippen LogP contribution in [-0.2, 0) is 0 Å². The summed E-state index contributed by atoms with van der Waals surface area (Å²) in [6.07, 6.45) is 0.919. The lowest BCUT2D eigenvalue weighted by atomic mass is 10.1. The van der Waals surface area contributed by atoms with Crippen molar-refractivity contribution in [2.75, 3.05) is 0 Å². The average molecular weight is 208 g/mol. The number of nitrogens with one attached hydrogen (secondary N) is 3. The molecule has 2 rings (SSSR count). The van der Waals surface area contributed by atoms with Gasteiger partial charge in [0, 0.05) is 5.92 Å². The summed E-state index contributed by atoms with van der Waals surface area (Å²) in [5.41, 5.74) is -0.325. The van der Waals surface area contributed by atoms with Gasteiger partial charge in [0.2, 0.25) is 0 Å². The first-order valence-corrected chi connectivity index (χ1v) is 4.84. The highest BCUT2D eigenvalue weighted by Crippen LogP contribution is 2.15. The Balaban J connectivity index is 2.71. The number of H-pyrrole nitrogens is 3. The molecular formula is C9H12N4O2. The standard InChI is InChI=1S/C9H12N4O2/c1-3-4(2)6-10-5-7(11-6)12-9(15)13-8(5)14/h4H,3H2,1-2H3,(H3,10,11,12,13,14,15). The first kappa shape index (κ1) is 9.70. The molecule has 0 aliphatic heterocycles. The predicted octanol–water partition coefficient (Wildman–Crippen LogP) is 0.453. The van der Waals surface area contributed by atoms with Crippen molar-refractivity contribution in [1.82, 2.24) is 19.9 Å². The Hall–Kier alpha value is -1.85. The van der Waals surface area contributed by atoms with Crippen LogP contribution < -0.4 is 11.2 Å². The lowest BCUT2D eigenvalue weighted by Crippen LogP contribution is -2.21. The van der Waals surface area contributed by atoms with Crippen LogP contribution in [0.15, 0.2) is 9.59 Å². The molecule has 15 heavy (non-hydrogen) atoms. The van der Waals surface area contributed by atoms with Crippen molar-refractivity contribution >= 4 is 11.2 Å². The SMILES string of the molecule is CCC(C)c1nc2[nH]c(=O)[nH]c(=O)c2[nH]1. The van der Waals surface area contributed by atoms with Crippen molar-refractivity contribution in [3.05, 3.63) is 26.7 Å². The molecule has 1 unspecified atom stereocenters. The number of imidazole rings is 1. The van der Waals surface area contributed by atoms with Crippen LogP contribution in [0.1, 0.15) is 32.0 Å². The van der Waals surface area contributed by atoms with Gasteiger partial charge < -0.3 is 4.98 Å². The Bertz CT molecular complexity index is 592. The van der Waals surface area contributed by atoms with Crippen LogP contribution in [-0.4, -0.2) is 19.9 Å². The van der Waals surface area contributed by atoms with Gasteiger partial charge >= 0.3 is 5.69 Å². The second kappa shape index (κ2) is 3.38. The fourth-order valence-corrected chi connectivity index (χ4v) is 1.38. The van der Waals surface area contributed by atoms with E-state index in [9.17, 15) is 9.59 Å². The molecule has 0 bridgehead atoms.